The van der Waals surface area contributed by atoms with Gasteiger partial charge in [-0.05, 0) is 42.7 Å². The third-order valence-corrected chi connectivity index (χ3v) is 5.63. The van der Waals surface area contributed by atoms with Crippen LogP contribution >= 0.6 is 0 Å². The minimum atomic E-state index is -0.374. The number of carbonyl (C=O) groups excluding carboxylic acids is 1. The fourth-order valence-electron chi connectivity index (χ4n) is 4.26. The molecule has 0 spiro atoms. The van der Waals surface area contributed by atoms with Gasteiger partial charge in [0.15, 0.2) is 11.5 Å². The van der Waals surface area contributed by atoms with Crippen LogP contribution in [0.5, 0.6) is 11.5 Å². The third kappa shape index (κ3) is 3.18. The topological polar surface area (TPSA) is 82.5 Å². The van der Waals surface area contributed by atoms with Gasteiger partial charge in [0.1, 0.15) is 6.54 Å². The van der Waals surface area contributed by atoms with E-state index < -0.39 is 0 Å². The highest BCUT2D eigenvalue weighted by atomic mass is 16.5. The van der Waals surface area contributed by atoms with Crippen molar-refractivity contribution in [3.05, 3.63) is 40.8 Å². The molecule has 0 unspecified atom stereocenters. The summed E-state index contributed by atoms with van der Waals surface area (Å²) >= 11 is 0. The second-order valence-electron chi connectivity index (χ2n) is 7.22. The summed E-state index contributed by atoms with van der Waals surface area (Å²) in [5, 5.41) is 8.09. The summed E-state index contributed by atoms with van der Waals surface area (Å²) in [5.74, 6) is 2.35. The molecule has 2 bridgehead atoms. The molecule has 1 aromatic carbocycles. The van der Waals surface area contributed by atoms with Crippen molar-refractivity contribution in [2.24, 2.45) is 17.8 Å². The fourth-order valence-corrected chi connectivity index (χ4v) is 4.26. The highest BCUT2D eigenvalue weighted by Gasteiger charge is 2.35. The van der Waals surface area contributed by atoms with Crippen molar-refractivity contribution in [2.75, 3.05) is 20.8 Å². The van der Waals surface area contributed by atoms with Crippen LogP contribution in [0, 0.1) is 17.8 Å². The number of nitrogens with zero attached hydrogens (tertiary/aromatic N) is 2. The number of aromatic nitrogens is 2. The lowest BCUT2D eigenvalue weighted by Crippen LogP contribution is -2.36. The van der Waals surface area contributed by atoms with Gasteiger partial charge in [-0.15, -0.1) is 0 Å². The molecule has 1 amide bonds. The molecule has 0 aliphatic heterocycles. The lowest BCUT2D eigenvalue weighted by atomic mass is 9.94. The zero-order valence-corrected chi connectivity index (χ0v) is 15.5. The molecular weight excluding hydrogens is 346 g/mol. The maximum atomic E-state index is 12.9. The second kappa shape index (κ2) is 7.06. The highest BCUT2D eigenvalue weighted by molar-refractivity contribution is 5.89. The van der Waals surface area contributed by atoms with Crippen LogP contribution in [-0.4, -0.2) is 36.5 Å². The van der Waals surface area contributed by atoms with Crippen LogP contribution < -0.4 is 20.3 Å². The Bertz CT molecular complexity index is 966. The molecule has 0 radical (unpaired) electrons. The quantitative estimate of drug-likeness (QED) is 0.785. The van der Waals surface area contributed by atoms with E-state index in [0.29, 0.717) is 46.6 Å². The lowest BCUT2D eigenvalue weighted by Gasteiger charge is -2.18. The summed E-state index contributed by atoms with van der Waals surface area (Å²) in [6.45, 7) is 0.523. The number of fused-ring (bicyclic) bond motifs is 3. The first-order chi connectivity index (χ1) is 13.1. The van der Waals surface area contributed by atoms with Crippen molar-refractivity contribution < 1.29 is 14.3 Å². The number of carbonyl (C=O) groups is 1. The maximum Gasteiger partial charge on any atom is 0.279 e. The molecule has 142 valence electrons. The SMILES string of the molecule is COc1ccc2cnn(CC(=O)NC[C@@H]3C[C@@H]4C=C[C@H]3C4)c(=O)c2c1OC. The summed E-state index contributed by atoms with van der Waals surface area (Å²) in [4.78, 5) is 25.2. The van der Waals surface area contributed by atoms with E-state index in [1.165, 1.54) is 25.3 Å². The first-order valence-corrected chi connectivity index (χ1v) is 9.16. The number of rotatable bonds is 6. The Hall–Kier alpha value is -2.83. The normalized spacial score (nSPS) is 23.0. The van der Waals surface area contributed by atoms with Gasteiger partial charge in [0.2, 0.25) is 5.91 Å². The molecule has 3 atom stereocenters. The molecule has 1 aromatic heterocycles. The average molecular weight is 369 g/mol. The van der Waals surface area contributed by atoms with Crippen LogP contribution in [0.4, 0.5) is 0 Å². The molecule has 1 N–H and O–H groups in total. The number of benzene rings is 1. The summed E-state index contributed by atoms with van der Waals surface area (Å²) in [5.41, 5.74) is -0.374. The van der Waals surface area contributed by atoms with Gasteiger partial charge in [-0.2, -0.15) is 5.10 Å². The minimum absolute atomic E-state index is 0.119. The summed E-state index contributed by atoms with van der Waals surface area (Å²) in [6.07, 6.45) is 8.44. The number of hydrogen-bond donors (Lipinski definition) is 1. The van der Waals surface area contributed by atoms with Gasteiger partial charge in [-0.1, -0.05) is 12.2 Å². The molecule has 2 aromatic rings. The van der Waals surface area contributed by atoms with Gasteiger partial charge in [0.25, 0.3) is 5.56 Å². The first-order valence-electron chi connectivity index (χ1n) is 9.16. The number of allylic oxidation sites excluding steroid dienone is 2. The molecule has 4 rings (SSSR count). The van der Waals surface area contributed by atoms with Gasteiger partial charge in [0, 0.05) is 11.9 Å². The van der Waals surface area contributed by atoms with Gasteiger partial charge in [0.05, 0.1) is 25.8 Å². The largest absolute Gasteiger partial charge is 0.493 e. The molecule has 7 nitrogen and oxygen atoms in total. The zero-order chi connectivity index (χ0) is 19.0. The standard InChI is InChI=1S/C20H23N3O4/c1-26-16-6-5-14-10-22-23(20(25)18(14)19(16)27-2)11-17(24)21-9-15-8-12-3-4-13(15)7-12/h3-6,10,12-13,15H,7-9,11H2,1-2H3,(H,21,24)/t12-,13+,15+/m1/s1. The molecule has 1 fully saturated rings. The van der Waals surface area contributed by atoms with Crippen molar-refractivity contribution in [1.29, 1.82) is 0 Å². The Morgan fingerprint density at radius 2 is 2.11 bits per heavy atom. The Kier molecular flexibility index (Phi) is 4.59. The molecule has 7 heteroatoms. The molecule has 0 saturated heterocycles. The summed E-state index contributed by atoms with van der Waals surface area (Å²) in [7, 11) is 3.00. The lowest BCUT2D eigenvalue weighted by molar-refractivity contribution is -0.122. The van der Waals surface area contributed by atoms with Gasteiger partial charge in [-0.25, -0.2) is 4.68 Å². The van der Waals surface area contributed by atoms with Crippen molar-refractivity contribution in [3.8, 4) is 11.5 Å². The van der Waals surface area contributed by atoms with Crippen LogP contribution in [-0.2, 0) is 11.3 Å². The van der Waals surface area contributed by atoms with Crippen molar-refractivity contribution in [1.82, 2.24) is 15.1 Å². The predicted molar refractivity (Wildman–Crippen MR) is 101 cm³/mol. The molecule has 27 heavy (non-hydrogen) atoms. The third-order valence-electron chi connectivity index (χ3n) is 5.63. The van der Waals surface area contributed by atoms with E-state index in [0.717, 1.165) is 6.42 Å². The number of hydrogen-bond acceptors (Lipinski definition) is 5. The van der Waals surface area contributed by atoms with Crippen molar-refractivity contribution in [2.45, 2.75) is 19.4 Å². The summed E-state index contributed by atoms with van der Waals surface area (Å²) < 4.78 is 11.8. The first kappa shape index (κ1) is 17.6. The van der Waals surface area contributed by atoms with E-state index in [4.69, 9.17) is 9.47 Å². The van der Waals surface area contributed by atoms with E-state index in [1.54, 1.807) is 18.3 Å². The predicted octanol–water partition coefficient (Wildman–Crippen LogP) is 1.74. The second-order valence-corrected chi connectivity index (χ2v) is 7.22. The van der Waals surface area contributed by atoms with E-state index in [9.17, 15) is 9.59 Å². The molecule has 2 aliphatic carbocycles. The molecule has 1 saturated carbocycles. The number of nitrogens with one attached hydrogen (secondary N) is 1. The molecule has 1 heterocycles. The minimum Gasteiger partial charge on any atom is -0.493 e. The molecule has 2 aliphatic rings. The van der Waals surface area contributed by atoms with Crippen LogP contribution in [0.15, 0.2) is 35.3 Å². The maximum absolute atomic E-state index is 12.9. The van der Waals surface area contributed by atoms with E-state index in [-0.39, 0.29) is 18.0 Å². The Morgan fingerprint density at radius 1 is 1.26 bits per heavy atom. The Morgan fingerprint density at radius 3 is 2.78 bits per heavy atom. The van der Waals surface area contributed by atoms with Crippen molar-refractivity contribution >= 4 is 16.7 Å². The van der Waals surface area contributed by atoms with Crippen LogP contribution in [0.2, 0.25) is 0 Å². The smallest absolute Gasteiger partial charge is 0.279 e. The highest BCUT2D eigenvalue weighted by Crippen LogP contribution is 2.42. The summed E-state index contributed by atoms with van der Waals surface area (Å²) in [6, 6.07) is 3.47. The van der Waals surface area contributed by atoms with Crippen molar-refractivity contribution in [3.63, 3.8) is 0 Å². The van der Waals surface area contributed by atoms with E-state index >= 15 is 0 Å². The monoisotopic (exact) mass is 369 g/mol. The van der Waals surface area contributed by atoms with Crippen LogP contribution in [0.25, 0.3) is 10.8 Å². The van der Waals surface area contributed by atoms with E-state index in [1.807, 2.05) is 0 Å². The fraction of sp³-hybridized carbons (Fsp3) is 0.450. The number of amides is 1. The Labute approximate surface area is 157 Å². The van der Waals surface area contributed by atoms with E-state index in [2.05, 4.69) is 22.6 Å². The average Bonchev–Trinajstić information content (AvgIpc) is 3.31. The molecular formula is C20H23N3O4. The van der Waals surface area contributed by atoms with Crippen LogP contribution in [0.3, 0.4) is 0 Å². The van der Waals surface area contributed by atoms with Gasteiger partial charge < -0.3 is 14.8 Å². The zero-order valence-electron chi connectivity index (χ0n) is 15.5. The number of methoxy groups -OCH3 is 2. The Balaban J connectivity index is 1.51. The van der Waals surface area contributed by atoms with Gasteiger partial charge >= 0.3 is 0 Å². The van der Waals surface area contributed by atoms with Crippen LogP contribution in [0.1, 0.15) is 12.8 Å². The number of ether oxygens (including phenoxy) is 2. The van der Waals surface area contributed by atoms with Gasteiger partial charge in [-0.3, -0.25) is 9.59 Å².